The van der Waals surface area contributed by atoms with Crippen molar-refractivity contribution in [2.24, 2.45) is 5.73 Å². The number of amides is 1. The molecule has 2 aromatic rings. The third kappa shape index (κ3) is 4.36. The highest BCUT2D eigenvalue weighted by Crippen LogP contribution is 2.27. The molecule has 0 saturated carbocycles. The predicted molar refractivity (Wildman–Crippen MR) is 109 cm³/mol. The number of benzene rings is 1. The number of nitrogens with two attached hydrogens (primary N) is 1. The Labute approximate surface area is 162 Å². The van der Waals surface area contributed by atoms with Crippen molar-refractivity contribution in [3.05, 3.63) is 36.0 Å². The lowest BCUT2D eigenvalue weighted by Gasteiger charge is -2.39. The number of hydrogen-bond acceptors (Lipinski definition) is 3. The molecule has 2 saturated heterocycles. The van der Waals surface area contributed by atoms with Crippen molar-refractivity contribution in [3.8, 4) is 0 Å². The molecule has 0 radical (unpaired) electrons. The van der Waals surface area contributed by atoms with Gasteiger partial charge in [-0.1, -0.05) is 31.0 Å². The first kappa shape index (κ1) is 18.5. The van der Waals surface area contributed by atoms with Gasteiger partial charge in [-0.05, 0) is 56.9 Å². The van der Waals surface area contributed by atoms with E-state index >= 15 is 0 Å². The molecular formula is C22H32N4O. The van der Waals surface area contributed by atoms with Crippen molar-refractivity contribution in [2.75, 3.05) is 26.2 Å². The minimum Gasteiger partial charge on any atom is -0.368 e. The second-order valence-electron chi connectivity index (χ2n) is 8.25. The molecule has 0 spiro atoms. The lowest BCUT2D eigenvalue weighted by molar-refractivity contribution is -0.118. The maximum Gasteiger partial charge on any atom is 0.237 e. The molecule has 5 heteroatoms. The van der Waals surface area contributed by atoms with Gasteiger partial charge < -0.3 is 15.2 Å². The highest BCUT2D eigenvalue weighted by molar-refractivity contribution is 5.85. The van der Waals surface area contributed by atoms with E-state index in [0.29, 0.717) is 6.04 Å². The molecule has 0 unspecified atom stereocenters. The Morgan fingerprint density at radius 3 is 2.63 bits per heavy atom. The molecule has 2 aliphatic rings. The minimum atomic E-state index is -0.289. The number of nitrogens with zero attached hydrogens (tertiary/aromatic N) is 3. The van der Waals surface area contributed by atoms with Crippen LogP contribution in [0.1, 0.15) is 44.1 Å². The molecule has 27 heavy (non-hydrogen) atoms. The first-order valence-electron chi connectivity index (χ1n) is 10.5. The van der Waals surface area contributed by atoms with Gasteiger partial charge in [0.1, 0.15) is 6.54 Å². The summed E-state index contributed by atoms with van der Waals surface area (Å²) >= 11 is 0. The number of carbonyl (C=O) groups is 1. The molecule has 0 bridgehead atoms. The fourth-order valence-corrected chi connectivity index (χ4v) is 4.88. The van der Waals surface area contributed by atoms with Gasteiger partial charge in [0.2, 0.25) is 5.91 Å². The maximum atomic E-state index is 11.5. The smallest absolute Gasteiger partial charge is 0.237 e. The summed E-state index contributed by atoms with van der Waals surface area (Å²) in [5.41, 5.74) is 7.88. The van der Waals surface area contributed by atoms with Crippen molar-refractivity contribution in [1.82, 2.24) is 14.4 Å². The highest BCUT2D eigenvalue weighted by Gasteiger charge is 2.26. The molecule has 3 heterocycles. The summed E-state index contributed by atoms with van der Waals surface area (Å²) in [4.78, 5) is 16.8. The fourth-order valence-electron chi connectivity index (χ4n) is 4.88. The van der Waals surface area contributed by atoms with Gasteiger partial charge in [0.25, 0.3) is 0 Å². The molecule has 1 amide bonds. The second-order valence-corrected chi connectivity index (χ2v) is 8.25. The summed E-state index contributed by atoms with van der Waals surface area (Å²) in [5.74, 6) is -0.289. The van der Waals surface area contributed by atoms with Gasteiger partial charge in [-0.15, -0.1) is 0 Å². The molecule has 2 N–H and O–H groups in total. The largest absolute Gasteiger partial charge is 0.368 e. The highest BCUT2D eigenvalue weighted by atomic mass is 16.1. The molecule has 2 fully saturated rings. The van der Waals surface area contributed by atoms with Crippen LogP contribution < -0.4 is 5.73 Å². The van der Waals surface area contributed by atoms with E-state index in [1.165, 1.54) is 75.7 Å². The van der Waals surface area contributed by atoms with Gasteiger partial charge >= 0.3 is 0 Å². The monoisotopic (exact) mass is 368 g/mol. The lowest BCUT2D eigenvalue weighted by Crippen LogP contribution is -2.47. The van der Waals surface area contributed by atoms with Crippen LogP contribution in [-0.2, 0) is 17.9 Å². The number of likely N-dealkylation sites (tertiary alicyclic amines) is 2. The zero-order chi connectivity index (χ0) is 18.6. The normalized spacial score (nSPS) is 22.3. The number of rotatable bonds is 6. The molecule has 1 atom stereocenters. The zero-order valence-electron chi connectivity index (χ0n) is 16.3. The average molecular weight is 369 g/mol. The van der Waals surface area contributed by atoms with E-state index in [1.807, 2.05) is 10.6 Å². The van der Waals surface area contributed by atoms with E-state index in [9.17, 15) is 4.79 Å². The number of fused-ring (bicyclic) bond motifs is 1. The van der Waals surface area contributed by atoms with Crippen molar-refractivity contribution >= 4 is 16.8 Å². The number of primary amides is 1. The van der Waals surface area contributed by atoms with Gasteiger partial charge in [0.05, 0.1) is 0 Å². The SMILES string of the molecule is NC(=O)Cn1cc(CN2CCCC[C@H]2CN2CCCCC2)c2ccccc21. The van der Waals surface area contributed by atoms with Crippen LogP contribution in [0.25, 0.3) is 10.9 Å². The molecule has 0 aliphatic carbocycles. The van der Waals surface area contributed by atoms with E-state index in [4.69, 9.17) is 5.73 Å². The number of carbonyl (C=O) groups excluding carboxylic acids is 1. The number of piperidine rings is 2. The average Bonchev–Trinajstić information content (AvgIpc) is 3.01. The third-order valence-electron chi connectivity index (χ3n) is 6.24. The first-order chi connectivity index (χ1) is 13.2. The van der Waals surface area contributed by atoms with Crippen molar-refractivity contribution in [1.29, 1.82) is 0 Å². The number of hydrogen-bond donors (Lipinski definition) is 1. The van der Waals surface area contributed by atoms with Crippen molar-refractivity contribution < 1.29 is 4.79 Å². The van der Waals surface area contributed by atoms with Crippen molar-refractivity contribution in [2.45, 2.75) is 57.7 Å². The quantitative estimate of drug-likeness (QED) is 0.853. The standard InChI is InChI=1S/C22H32N4O/c23-22(27)17-26-15-18(20-9-2-3-10-21(20)26)14-25-13-7-4-8-19(25)16-24-11-5-1-6-12-24/h2-3,9-10,15,19H,1,4-8,11-14,16-17H2,(H2,23,27)/t19-/m0/s1. The lowest BCUT2D eigenvalue weighted by atomic mass is 9.99. The summed E-state index contributed by atoms with van der Waals surface area (Å²) in [6, 6.07) is 9.02. The van der Waals surface area contributed by atoms with Gasteiger partial charge in [-0.3, -0.25) is 9.69 Å². The van der Waals surface area contributed by atoms with Crippen LogP contribution in [0.3, 0.4) is 0 Å². The van der Waals surface area contributed by atoms with Gasteiger partial charge in [0, 0.05) is 36.2 Å². The Balaban J connectivity index is 1.53. The molecular weight excluding hydrogens is 336 g/mol. The third-order valence-corrected chi connectivity index (χ3v) is 6.24. The Morgan fingerprint density at radius 1 is 1.04 bits per heavy atom. The number of aromatic nitrogens is 1. The van der Waals surface area contributed by atoms with E-state index in [1.54, 1.807) is 0 Å². The first-order valence-corrected chi connectivity index (χ1v) is 10.5. The maximum absolute atomic E-state index is 11.5. The van der Waals surface area contributed by atoms with E-state index in [-0.39, 0.29) is 12.5 Å². The van der Waals surface area contributed by atoms with Gasteiger partial charge in [-0.2, -0.15) is 0 Å². The van der Waals surface area contributed by atoms with Crippen LogP contribution in [0.5, 0.6) is 0 Å². The Hall–Kier alpha value is -1.85. The van der Waals surface area contributed by atoms with Crippen LogP contribution in [0.15, 0.2) is 30.5 Å². The summed E-state index contributed by atoms with van der Waals surface area (Å²) in [6.07, 6.45) is 10.2. The topological polar surface area (TPSA) is 54.5 Å². The minimum absolute atomic E-state index is 0.248. The molecule has 146 valence electrons. The van der Waals surface area contributed by atoms with E-state index in [0.717, 1.165) is 12.1 Å². The van der Waals surface area contributed by atoms with Crippen LogP contribution in [0.4, 0.5) is 0 Å². The summed E-state index contributed by atoms with van der Waals surface area (Å²) in [6.45, 7) is 6.13. The summed E-state index contributed by atoms with van der Waals surface area (Å²) in [7, 11) is 0. The van der Waals surface area contributed by atoms with Gasteiger partial charge in [0.15, 0.2) is 0 Å². The van der Waals surface area contributed by atoms with Crippen LogP contribution in [0, 0.1) is 0 Å². The fraction of sp³-hybridized carbons (Fsp3) is 0.591. The Bertz CT molecular complexity index is 778. The van der Waals surface area contributed by atoms with E-state index < -0.39 is 0 Å². The molecule has 2 aliphatic heterocycles. The van der Waals surface area contributed by atoms with Crippen molar-refractivity contribution in [3.63, 3.8) is 0 Å². The van der Waals surface area contributed by atoms with Crippen LogP contribution >= 0.6 is 0 Å². The van der Waals surface area contributed by atoms with Crippen LogP contribution in [-0.4, -0.2) is 52.5 Å². The summed E-state index contributed by atoms with van der Waals surface area (Å²) < 4.78 is 2.01. The molecule has 5 nitrogen and oxygen atoms in total. The second kappa shape index (κ2) is 8.44. The zero-order valence-corrected chi connectivity index (χ0v) is 16.3. The molecule has 1 aromatic heterocycles. The van der Waals surface area contributed by atoms with Crippen LogP contribution in [0.2, 0.25) is 0 Å². The molecule has 4 rings (SSSR count). The Morgan fingerprint density at radius 2 is 1.81 bits per heavy atom. The van der Waals surface area contributed by atoms with E-state index in [2.05, 4.69) is 34.2 Å². The molecule has 1 aromatic carbocycles. The summed E-state index contributed by atoms with van der Waals surface area (Å²) in [5, 5.41) is 1.25. The van der Waals surface area contributed by atoms with Gasteiger partial charge in [-0.25, -0.2) is 0 Å². The predicted octanol–water partition coefficient (Wildman–Crippen LogP) is 2.97. The Kier molecular flexibility index (Phi) is 5.79. The number of para-hydroxylation sites is 1.